The molecule has 7 heteroatoms. The van der Waals surface area contributed by atoms with Crippen molar-refractivity contribution in [3.63, 3.8) is 0 Å². The third kappa shape index (κ3) is 5.34. The van der Waals surface area contributed by atoms with Crippen LogP contribution in [0, 0.1) is 17.5 Å². The second-order valence-corrected chi connectivity index (χ2v) is 5.34. The van der Waals surface area contributed by atoms with Gasteiger partial charge in [-0.1, -0.05) is 18.2 Å². The molecule has 132 valence electrons. The first kappa shape index (κ1) is 18.5. The van der Waals surface area contributed by atoms with Gasteiger partial charge in [-0.15, -0.1) is 0 Å². The van der Waals surface area contributed by atoms with Gasteiger partial charge in [0.25, 0.3) is 5.91 Å². The van der Waals surface area contributed by atoms with Crippen molar-refractivity contribution in [2.45, 2.75) is 25.9 Å². The summed E-state index contributed by atoms with van der Waals surface area (Å²) in [6, 6.07) is 8.71. The molecule has 0 radical (unpaired) electrons. The average molecular weight is 351 g/mol. The van der Waals surface area contributed by atoms with E-state index in [2.05, 4.69) is 5.32 Å². The summed E-state index contributed by atoms with van der Waals surface area (Å²) in [4.78, 5) is 23.7. The number of benzene rings is 2. The topological polar surface area (TPSA) is 55.4 Å². The van der Waals surface area contributed by atoms with Crippen molar-refractivity contribution < 1.29 is 27.5 Å². The van der Waals surface area contributed by atoms with E-state index in [0.717, 1.165) is 12.1 Å². The van der Waals surface area contributed by atoms with E-state index in [9.17, 15) is 22.8 Å². The van der Waals surface area contributed by atoms with Crippen LogP contribution in [0.2, 0.25) is 0 Å². The van der Waals surface area contributed by atoms with Gasteiger partial charge in [-0.25, -0.2) is 13.2 Å². The molecule has 25 heavy (non-hydrogen) atoms. The van der Waals surface area contributed by atoms with Crippen LogP contribution in [0.3, 0.4) is 0 Å². The number of aryl methyl sites for hydroxylation is 1. The van der Waals surface area contributed by atoms with Gasteiger partial charge < -0.3 is 10.1 Å². The van der Waals surface area contributed by atoms with Crippen LogP contribution < -0.4 is 5.32 Å². The highest BCUT2D eigenvalue weighted by Gasteiger charge is 2.19. The molecule has 2 aromatic carbocycles. The third-order valence-electron chi connectivity index (χ3n) is 3.42. The molecule has 4 nitrogen and oxygen atoms in total. The van der Waals surface area contributed by atoms with Crippen LogP contribution in [-0.2, 0) is 20.7 Å². The van der Waals surface area contributed by atoms with Gasteiger partial charge in [-0.3, -0.25) is 9.59 Å². The van der Waals surface area contributed by atoms with Gasteiger partial charge in [0.15, 0.2) is 6.10 Å². The molecule has 0 spiro atoms. The van der Waals surface area contributed by atoms with Gasteiger partial charge in [0, 0.05) is 12.5 Å². The second kappa shape index (κ2) is 8.32. The molecule has 0 aliphatic rings. The zero-order valence-electron chi connectivity index (χ0n) is 13.4. The number of esters is 1. The van der Waals surface area contributed by atoms with E-state index in [0.29, 0.717) is 11.6 Å². The van der Waals surface area contributed by atoms with Gasteiger partial charge >= 0.3 is 5.97 Å². The first-order chi connectivity index (χ1) is 11.9. The summed E-state index contributed by atoms with van der Waals surface area (Å²) in [5.74, 6) is -3.59. The third-order valence-corrected chi connectivity index (χ3v) is 3.42. The number of rotatable bonds is 6. The molecule has 2 aromatic rings. The Hall–Kier alpha value is -2.83. The maximum Gasteiger partial charge on any atom is 0.306 e. The molecule has 1 N–H and O–H groups in total. The number of ether oxygens (including phenoxy) is 1. The quantitative estimate of drug-likeness (QED) is 0.809. The number of nitrogens with one attached hydrogen (secondary N) is 1. The van der Waals surface area contributed by atoms with Crippen molar-refractivity contribution in [2.24, 2.45) is 0 Å². The zero-order valence-corrected chi connectivity index (χ0v) is 13.4. The lowest BCUT2D eigenvalue weighted by Crippen LogP contribution is -2.30. The fourth-order valence-electron chi connectivity index (χ4n) is 2.07. The van der Waals surface area contributed by atoms with Crippen molar-refractivity contribution >= 4 is 17.6 Å². The number of halogens is 3. The van der Waals surface area contributed by atoms with Gasteiger partial charge in [0.1, 0.15) is 17.5 Å². The van der Waals surface area contributed by atoms with Crippen molar-refractivity contribution in [1.82, 2.24) is 0 Å². The van der Waals surface area contributed by atoms with Gasteiger partial charge in [-0.05, 0) is 37.1 Å². The van der Waals surface area contributed by atoms with E-state index >= 15 is 0 Å². The van der Waals surface area contributed by atoms with E-state index in [4.69, 9.17) is 4.74 Å². The van der Waals surface area contributed by atoms with Crippen LogP contribution in [0.4, 0.5) is 18.9 Å². The van der Waals surface area contributed by atoms with Crippen molar-refractivity contribution in [1.29, 1.82) is 0 Å². The standard InChI is InChI=1S/C18H16F3NO3/c1-11(18(24)22-16-8-7-13(19)10-15(16)21)25-17(23)9-6-12-4-2-3-5-14(12)20/h2-5,7-8,10-11H,6,9H2,1H3,(H,22,24)/t11-/m1/s1. The molecular formula is C18H16F3NO3. The van der Waals surface area contributed by atoms with E-state index in [-0.39, 0.29) is 18.5 Å². The largest absolute Gasteiger partial charge is 0.453 e. The molecule has 0 bridgehead atoms. The van der Waals surface area contributed by atoms with Crippen LogP contribution in [0.1, 0.15) is 18.9 Å². The Morgan fingerprint density at radius 2 is 1.80 bits per heavy atom. The van der Waals surface area contributed by atoms with Gasteiger partial charge in [-0.2, -0.15) is 0 Å². The summed E-state index contributed by atoms with van der Waals surface area (Å²) in [5.41, 5.74) is 0.144. The lowest BCUT2D eigenvalue weighted by molar-refractivity contribution is -0.153. The lowest BCUT2D eigenvalue weighted by atomic mass is 10.1. The molecule has 0 aromatic heterocycles. The smallest absolute Gasteiger partial charge is 0.306 e. The summed E-state index contributed by atoms with van der Waals surface area (Å²) >= 11 is 0. The summed E-state index contributed by atoms with van der Waals surface area (Å²) in [6.07, 6.45) is -1.16. The highest BCUT2D eigenvalue weighted by molar-refractivity contribution is 5.95. The van der Waals surface area contributed by atoms with Gasteiger partial charge in [0.05, 0.1) is 5.69 Å². The molecule has 1 amide bonds. The number of carbonyl (C=O) groups excluding carboxylic acids is 2. The number of hydrogen-bond donors (Lipinski definition) is 1. The Labute approximate surface area is 142 Å². The molecule has 0 aliphatic heterocycles. The van der Waals surface area contributed by atoms with Crippen molar-refractivity contribution in [2.75, 3.05) is 5.32 Å². The van der Waals surface area contributed by atoms with E-state index in [1.165, 1.54) is 19.1 Å². The van der Waals surface area contributed by atoms with E-state index < -0.39 is 35.4 Å². The Morgan fingerprint density at radius 3 is 2.48 bits per heavy atom. The van der Waals surface area contributed by atoms with Crippen LogP contribution in [-0.4, -0.2) is 18.0 Å². The summed E-state index contributed by atoms with van der Waals surface area (Å²) in [7, 11) is 0. The summed E-state index contributed by atoms with van der Waals surface area (Å²) in [5, 5.41) is 2.21. The minimum atomic E-state index is -1.18. The maximum absolute atomic E-state index is 13.5. The SMILES string of the molecule is C[C@@H](OC(=O)CCc1ccccc1F)C(=O)Nc1ccc(F)cc1F. The monoisotopic (exact) mass is 351 g/mol. The van der Waals surface area contributed by atoms with E-state index in [1.54, 1.807) is 12.1 Å². The van der Waals surface area contributed by atoms with Crippen LogP contribution in [0.15, 0.2) is 42.5 Å². The Kier molecular flexibility index (Phi) is 6.16. The van der Waals surface area contributed by atoms with Crippen LogP contribution in [0.5, 0.6) is 0 Å². The molecule has 0 saturated heterocycles. The summed E-state index contributed by atoms with van der Waals surface area (Å²) < 4.78 is 44.7. The molecule has 1 atom stereocenters. The first-order valence-corrected chi connectivity index (χ1v) is 7.55. The van der Waals surface area contributed by atoms with E-state index in [1.807, 2.05) is 0 Å². The predicted octanol–water partition coefficient (Wildman–Crippen LogP) is 3.61. The number of hydrogen-bond acceptors (Lipinski definition) is 3. The maximum atomic E-state index is 13.5. The molecule has 0 aliphatic carbocycles. The molecule has 0 unspecified atom stereocenters. The molecule has 0 fully saturated rings. The van der Waals surface area contributed by atoms with Crippen LogP contribution >= 0.6 is 0 Å². The van der Waals surface area contributed by atoms with Crippen molar-refractivity contribution in [3.05, 3.63) is 65.5 Å². The Balaban J connectivity index is 1.85. The normalized spacial score (nSPS) is 11.7. The Bertz CT molecular complexity index is 780. The van der Waals surface area contributed by atoms with Crippen LogP contribution in [0.25, 0.3) is 0 Å². The molecule has 0 heterocycles. The molecule has 0 saturated carbocycles. The van der Waals surface area contributed by atoms with Gasteiger partial charge in [0.2, 0.25) is 0 Å². The minimum Gasteiger partial charge on any atom is -0.453 e. The van der Waals surface area contributed by atoms with Crippen molar-refractivity contribution in [3.8, 4) is 0 Å². The highest BCUT2D eigenvalue weighted by atomic mass is 19.1. The predicted molar refractivity (Wildman–Crippen MR) is 85.3 cm³/mol. The first-order valence-electron chi connectivity index (χ1n) is 7.55. The summed E-state index contributed by atoms with van der Waals surface area (Å²) in [6.45, 7) is 1.32. The molecular weight excluding hydrogens is 335 g/mol. The highest BCUT2D eigenvalue weighted by Crippen LogP contribution is 2.16. The second-order valence-electron chi connectivity index (χ2n) is 5.34. The lowest BCUT2D eigenvalue weighted by Gasteiger charge is -2.14. The fourth-order valence-corrected chi connectivity index (χ4v) is 2.07. The fraction of sp³-hybridized carbons (Fsp3) is 0.222. The minimum absolute atomic E-state index is 0.108. The number of carbonyl (C=O) groups is 2. The Morgan fingerprint density at radius 1 is 1.08 bits per heavy atom. The number of amides is 1. The molecule has 2 rings (SSSR count). The zero-order chi connectivity index (χ0) is 18.4. The number of anilines is 1. The average Bonchev–Trinajstić information content (AvgIpc) is 2.56.